The van der Waals surface area contributed by atoms with Gasteiger partial charge in [0.05, 0.1) is 31.3 Å². The predicted molar refractivity (Wildman–Crippen MR) is 125 cm³/mol. The molecule has 0 saturated heterocycles. The Morgan fingerprint density at radius 2 is 1.73 bits per heavy atom. The maximum Gasteiger partial charge on any atom is 0.267 e. The average Bonchev–Trinajstić information content (AvgIpc) is 2.83. The highest BCUT2D eigenvalue weighted by Gasteiger charge is 2.37. The summed E-state index contributed by atoms with van der Waals surface area (Å²) in [7, 11) is -0.922. The lowest BCUT2D eigenvalue weighted by Gasteiger charge is -2.35. The maximum absolute atomic E-state index is 13.5. The Bertz CT molecular complexity index is 1270. The van der Waals surface area contributed by atoms with Crippen molar-refractivity contribution in [2.24, 2.45) is 0 Å². The number of nitrogens with zero attached hydrogens (tertiary/aromatic N) is 1. The Morgan fingerprint density at radius 3 is 2.42 bits per heavy atom. The second-order valence-electron chi connectivity index (χ2n) is 7.51. The molecule has 8 nitrogen and oxygen atoms in total. The Hall–Kier alpha value is -3.72. The van der Waals surface area contributed by atoms with Gasteiger partial charge in [0.15, 0.2) is 6.10 Å². The van der Waals surface area contributed by atoms with Crippen molar-refractivity contribution >= 4 is 27.3 Å². The van der Waals surface area contributed by atoms with E-state index >= 15 is 0 Å². The van der Waals surface area contributed by atoms with Crippen molar-refractivity contribution in [3.05, 3.63) is 72.3 Å². The molecule has 0 unspecified atom stereocenters. The summed E-state index contributed by atoms with van der Waals surface area (Å²) in [6.07, 6.45) is -1.06. The van der Waals surface area contributed by atoms with Crippen molar-refractivity contribution in [2.45, 2.75) is 17.9 Å². The number of rotatable bonds is 6. The van der Waals surface area contributed by atoms with E-state index in [0.717, 1.165) is 5.56 Å². The van der Waals surface area contributed by atoms with Gasteiger partial charge in [0, 0.05) is 11.8 Å². The van der Waals surface area contributed by atoms with Crippen LogP contribution in [0.15, 0.2) is 71.6 Å². The SMILES string of the molecule is COc1ccc(S(=O)(=O)N2C[C@H](C(=O)Nc3cccc(OC)c3)Oc3cc(C)ccc32)cc1. The minimum atomic E-state index is -3.97. The first-order valence-corrected chi connectivity index (χ1v) is 11.6. The van der Waals surface area contributed by atoms with Crippen LogP contribution in [-0.2, 0) is 14.8 Å². The molecule has 1 atom stereocenters. The van der Waals surface area contributed by atoms with E-state index in [1.165, 1.54) is 30.7 Å². The molecule has 0 radical (unpaired) electrons. The molecular formula is C24H24N2O6S. The van der Waals surface area contributed by atoms with Crippen molar-refractivity contribution in [3.63, 3.8) is 0 Å². The third-order valence-electron chi connectivity index (χ3n) is 5.26. The fourth-order valence-electron chi connectivity index (χ4n) is 3.52. The van der Waals surface area contributed by atoms with Gasteiger partial charge in [0.2, 0.25) is 0 Å². The number of carbonyl (C=O) groups is 1. The van der Waals surface area contributed by atoms with Crippen LogP contribution in [0.1, 0.15) is 5.56 Å². The number of ether oxygens (including phenoxy) is 3. The summed E-state index contributed by atoms with van der Waals surface area (Å²) in [6.45, 7) is 1.69. The monoisotopic (exact) mass is 468 g/mol. The summed E-state index contributed by atoms with van der Waals surface area (Å²) < 4.78 is 44.5. The molecule has 1 heterocycles. The van der Waals surface area contributed by atoms with Crippen molar-refractivity contribution in [1.82, 2.24) is 0 Å². The van der Waals surface area contributed by atoms with Crippen LogP contribution in [-0.4, -0.2) is 41.2 Å². The normalized spacial score (nSPS) is 15.2. The van der Waals surface area contributed by atoms with E-state index in [1.807, 2.05) is 6.92 Å². The molecule has 0 saturated carbocycles. The Labute approximate surface area is 192 Å². The number of sulfonamides is 1. The third-order valence-corrected chi connectivity index (χ3v) is 7.06. The number of benzene rings is 3. The van der Waals surface area contributed by atoms with Gasteiger partial charge in [-0.05, 0) is 61.0 Å². The standard InChI is InChI=1S/C24H24N2O6S/c1-16-7-12-21-22(13-16)32-23(24(27)25-17-5-4-6-19(14-17)31-3)15-26(21)33(28,29)20-10-8-18(30-2)9-11-20/h4-14,23H,15H2,1-3H3,(H,25,27)/t23-/m1/s1. The lowest BCUT2D eigenvalue weighted by Crippen LogP contribution is -2.48. The second-order valence-corrected chi connectivity index (χ2v) is 9.37. The molecule has 0 spiro atoms. The summed E-state index contributed by atoms with van der Waals surface area (Å²) in [4.78, 5) is 13.1. The number of hydrogen-bond acceptors (Lipinski definition) is 6. The zero-order chi connectivity index (χ0) is 23.6. The van der Waals surface area contributed by atoms with Gasteiger partial charge in [-0.25, -0.2) is 8.42 Å². The molecule has 33 heavy (non-hydrogen) atoms. The van der Waals surface area contributed by atoms with Crippen molar-refractivity contribution < 1.29 is 27.4 Å². The molecule has 1 amide bonds. The minimum Gasteiger partial charge on any atom is -0.497 e. The van der Waals surface area contributed by atoms with E-state index in [1.54, 1.807) is 54.6 Å². The number of anilines is 2. The van der Waals surface area contributed by atoms with Crippen LogP contribution in [0, 0.1) is 6.92 Å². The van der Waals surface area contributed by atoms with Crippen LogP contribution < -0.4 is 23.8 Å². The summed E-state index contributed by atoms with van der Waals surface area (Å²) in [6, 6.07) is 18.2. The molecule has 0 bridgehead atoms. The molecule has 9 heteroatoms. The molecule has 172 valence electrons. The molecule has 0 fully saturated rings. The van der Waals surface area contributed by atoms with Gasteiger partial charge in [-0.2, -0.15) is 0 Å². The fourth-order valence-corrected chi connectivity index (χ4v) is 5.00. The van der Waals surface area contributed by atoms with Gasteiger partial charge >= 0.3 is 0 Å². The van der Waals surface area contributed by atoms with Crippen LogP contribution in [0.4, 0.5) is 11.4 Å². The van der Waals surface area contributed by atoms with Gasteiger partial charge in [-0.3, -0.25) is 9.10 Å². The molecule has 0 aliphatic carbocycles. The predicted octanol–water partition coefficient (Wildman–Crippen LogP) is 3.61. The van der Waals surface area contributed by atoms with E-state index in [0.29, 0.717) is 28.6 Å². The zero-order valence-electron chi connectivity index (χ0n) is 18.4. The second kappa shape index (κ2) is 9.03. The lowest BCUT2D eigenvalue weighted by atomic mass is 10.1. The molecule has 4 rings (SSSR count). The lowest BCUT2D eigenvalue weighted by molar-refractivity contribution is -0.122. The smallest absolute Gasteiger partial charge is 0.267 e. The Kier molecular flexibility index (Phi) is 6.15. The van der Waals surface area contributed by atoms with E-state index in [2.05, 4.69) is 5.32 Å². The van der Waals surface area contributed by atoms with E-state index in [4.69, 9.17) is 14.2 Å². The summed E-state index contributed by atoms with van der Waals surface area (Å²) in [5.74, 6) is 0.985. The van der Waals surface area contributed by atoms with Crippen LogP contribution in [0.25, 0.3) is 0 Å². The number of aryl methyl sites for hydroxylation is 1. The van der Waals surface area contributed by atoms with Crippen LogP contribution in [0.2, 0.25) is 0 Å². The van der Waals surface area contributed by atoms with Gasteiger partial charge in [0.1, 0.15) is 17.2 Å². The largest absolute Gasteiger partial charge is 0.497 e. The Balaban J connectivity index is 1.67. The van der Waals surface area contributed by atoms with E-state index in [9.17, 15) is 13.2 Å². The summed E-state index contributed by atoms with van der Waals surface area (Å²) in [5, 5.41) is 2.78. The third kappa shape index (κ3) is 4.58. The highest BCUT2D eigenvalue weighted by molar-refractivity contribution is 7.92. The summed E-state index contributed by atoms with van der Waals surface area (Å²) in [5.41, 5.74) is 1.77. The molecule has 0 aromatic heterocycles. The van der Waals surface area contributed by atoms with E-state index in [-0.39, 0.29) is 11.4 Å². The first-order chi connectivity index (χ1) is 15.8. The number of carbonyl (C=O) groups excluding carboxylic acids is 1. The maximum atomic E-state index is 13.5. The first kappa shape index (κ1) is 22.5. The first-order valence-electron chi connectivity index (χ1n) is 10.2. The topological polar surface area (TPSA) is 94.2 Å². The van der Waals surface area contributed by atoms with Crippen LogP contribution in [0.5, 0.6) is 17.2 Å². The number of methoxy groups -OCH3 is 2. The van der Waals surface area contributed by atoms with Crippen LogP contribution >= 0.6 is 0 Å². The Morgan fingerprint density at radius 1 is 1.00 bits per heavy atom. The fraction of sp³-hybridized carbons (Fsp3) is 0.208. The number of nitrogens with one attached hydrogen (secondary N) is 1. The molecular weight excluding hydrogens is 444 g/mol. The summed E-state index contributed by atoms with van der Waals surface area (Å²) >= 11 is 0. The van der Waals surface area contributed by atoms with Gasteiger partial charge in [0.25, 0.3) is 15.9 Å². The van der Waals surface area contributed by atoms with Crippen LogP contribution in [0.3, 0.4) is 0 Å². The average molecular weight is 469 g/mol. The molecule has 3 aromatic carbocycles. The van der Waals surface area contributed by atoms with Crippen molar-refractivity contribution in [2.75, 3.05) is 30.4 Å². The van der Waals surface area contributed by atoms with Gasteiger partial charge in [-0.15, -0.1) is 0 Å². The molecule has 3 aromatic rings. The molecule has 1 aliphatic heterocycles. The molecule has 1 N–H and O–H groups in total. The minimum absolute atomic E-state index is 0.0867. The van der Waals surface area contributed by atoms with Gasteiger partial charge in [-0.1, -0.05) is 12.1 Å². The highest BCUT2D eigenvalue weighted by atomic mass is 32.2. The van der Waals surface area contributed by atoms with Crippen molar-refractivity contribution in [3.8, 4) is 17.2 Å². The van der Waals surface area contributed by atoms with Gasteiger partial charge < -0.3 is 19.5 Å². The number of hydrogen-bond donors (Lipinski definition) is 1. The zero-order valence-corrected chi connectivity index (χ0v) is 19.3. The number of fused-ring (bicyclic) bond motifs is 1. The van der Waals surface area contributed by atoms with Crippen molar-refractivity contribution in [1.29, 1.82) is 0 Å². The van der Waals surface area contributed by atoms with E-state index < -0.39 is 22.0 Å². The number of amides is 1. The quantitative estimate of drug-likeness (QED) is 0.594. The molecule has 1 aliphatic rings. The highest BCUT2D eigenvalue weighted by Crippen LogP contribution is 2.38.